The van der Waals surface area contributed by atoms with Crippen LogP contribution in [0.4, 0.5) is 0 Å². The zero-order valence-corrected chi connectivity index (χ0v) is 8.46. The molecule has 0 bridgehead atoms. The molecule has 0 aliphatic heterocycles. The van der Waals surface area contributed by atoms with Crippen molar-refractivity contribution in [3.63, 3.8) is 0 Å². The van der Waals surface area contributed by atoms with Crippen molar-refractivity contribution in [2.45, 2.75) is 26.1 Å². The average molecular weight is 180 g/mol. The normalized spacial score (nSPS) is 11.2. The molecule has 0 rings (SSSR count). The van der Waals surface area contributed by atoms with Crippen LogP contribution in [0.25, 0.3) is 0 Å². The summed E-state index contributed by atoms with van der Waals surface area (Å²) in [4.78, 5) is 13.8. The molecule has 4 heteroatoms. The highest BCUT2D eigenvalue weighted by Crippen LogP contribution is 1.95. The second-order valence-electron chi connectivity index (χ2n) is 3.24. The van der Waals surface area contributed by atoms with E-state index in [2.05, 4.69) is 24.6 Å². The van der Waals surface area contributed by atoms with Crippen LogP contribution in [0.2, 0.25) is 19.6 Å². The van der Waals surface area contributed by atoms with Crippen molar-refractivity contribution in [3.05, 3.63) is 0 Å². The van der Waals surface area contributed by atoms with Crippen molar-refractivity contribution in [1.82, 2.24) is 4.98 Å². The predicted octanol–water partition coefficient (Wildman–Crippen LogP) is 1.57. The molecule has 0 atom stereocenters. The fourth-order valence-electron chi connectivity index (χ4n) is 0.567. The first-order valence-corrected chi connectivity index (χ1v) is 7.36. The molecule has 0 aliphatic rings. The molecule has 0 spiro atoms. The smallest absolute Gasteiger partial charge is 0.213 e. The van der Waals surface area contributed by atoms with Crippen molar-refractivity contribution in [2.24, 2.45) is 0 Å². The van der Waals surface area contributed by atoms with Gasteiger partial charge in [-0.15, -0.1) is 11.6 Å². The van der Waals surface area contributed by atoms with Crippen LogP contribution in [-0.2, 0) is 4.79 Å². The molecule has 1 amide bonds. The van der Waals surface area contributed by atoms with E-state index in [-0.39, 0.29) is 5.91 Å². The van der Waals surface area contributed by atoms with Crippen LogP contribution in [0, 0.1) is 0 Å². The Morgan fingerprint density at radius 3 is 2.30 bits per heavy atom. The Morgan fingerprint density at radius 2 is 2.00 bits per heavy atom. The van der Waals surface area contributed by atoms with E-state index in [1.165, 1.54) is 0 Å². The molecule has 0 radical (unpaired) electrons. The molecule has 0 aromatic heterocycles. The Hall–Kier alpha value is -0.0231. The Bertz CT molecular complexity index is 121. The van der Waals surface area contributed by atoms with Gasteiger partial charge in [-0.25, -0.2) is 0 Å². The lowest BCUT2D eigenvalue weighted by molar-refractivity contribution is -0.119. The predicted molar refractivity (Wildman–Crippen MR) is 46.8 cm³/mol. The second kappa shape index (κ2) is 3.98. The van der Waals surface area contributed by atoms with E-state index < -0.39 is 8.24 Å². The van der Waals surface area contributed by atoms with Gasteiger partial charge >= 0.3 is 0 Å². The summed E-state index contributed by atoms with van der Waals surface area (Å²) in [5.41, 5.74) is 0. The van der Waals surface area contributed by atoms with Crippen molar-refractivity contribution < 1.29 is 4.79 Å². The largest absolute Gasteiger partial charge is 0.382 e. The van der Waals surface area contributed by atoms with E-state index in [4.69, 9.17) is 11.6 Å². The first-order valence-electron chi connectivity index (χ1n) is 3.32. The number of rotatable bonds is 3. The third-order valence-electron chi connectivity index (χ3n) is 0.836. The summed E-state index contributed by atoms with van der Waals surface area (Å²) in [6.07, 6.45) is 0.436. The summed E-state index contributed by atoms with van der Waals surface area (Å²) in [7, 11) is -1.42. The molecular formula is C6H14ClNOSi. The van der Waals surface area contributed by atoms with Gasteiger partial charge in [-0.05, 0) is 0 Å². The summed E-state index contributed by atoms with van der Waals surface area (Å²) < 4.78 is 0. The molecule has 2 nitrogen and oxygen atoms in total. The van der Waals surface area contributed by atoms with E-state index in [9.17, 15) is 4.79 Å². The summed E-state index contributed by atoms with van der Waals surface area (Å²) in [6.45, 7) is 6.25. The first-order chi connectivity index (χ1) is 4.45. The quantitative estimate of drug-likeness (QED) is 0.517. The van der Waals surface area contributed by atoms with Gasteiger partial charge in [0.25, 0.3) is 0 Å². The maximum absolute atomic E-state index is 10.9. The summed E-state index contributed by atoms with van der Waals surface area (Å²) in [6, 6.07) is 0. The van der Waals surface area contributed by atoms with E-state index in [0.717, 1.165) is 0 Å². The Labute approximate surface area is 68.0 Å². The molecule has 10 heavy (non-hydrogen) atoms. The highest BCUT2D eigenvalue weighted by atomic mass is 35.5. The zero-order chi connectivity index (χ0) is 8.20. The maximum Gasteiger partial charge on any atom is 0.213 e. The fraction of sp³-hybridized carbons (Fsp3) is 0.833. The van der Waals surface area contributed by atoms with Crippen molar-refractivity contribution in [3.8, 4) is 0 Å². The van der Waals surface area contributed by atoms with Gasteiger partial charge in [-0.2, -0.15) is 0 Å². The summed E-state index contributed by atoms with van der Waals surface area (Å²) >= 11 is 5.38. The van der Waals surface area contributed by atoms with Crippen molar-refractivity contribution >= 4 is 25.7 Å². The molecule has 0 heterocycles. The highest BCUT2D eigenvalue weighted by molar-refractivity contribution is 6.75. The van der Waals surface area contributed by atoms with Gasteiger partial charge in [-0.3, -0.25) is 4.79 Å². The lowest BCUT2D eigenvalue weighted by Crippen LogP contribution is -2.45. The number of nitrogens with one attached hydrogen (secondary N) is 1. The van der Waals surface area contributed by atoms with E-state index >= 15 is 0 Å². The number of alkyl halides is 1. The maximum atomic E-state index is 10.9. The van der Waals surface area contributed by atoms with Crippen LogP contribution in [0.5, 0.6) is 0 Å². The van der Waals surface area contributed by atoms with Gasteiger partial charge in [0, 0.05) is 12.3 Å². The Morgan fingerprint density at radius 1 is 1.50 bits per heavy atom. The molecule has 1 N–H and O–H groups in total. The van der Waals surface area contributed by atoms with Gasteiger partial charge < -0.3 is 4.98 Å². The number of hydrogen-bond acceptors (Lipinski definition) is 1. The number of carbonyl (C=O) groups excluding carboxylic acids is 1. The standard InChI is InChI=1S/C6H14ClNOSi/c1-10(2,3)8-6(9)4-5-7/h4-5H2,1-3H3,(H,8,9). The van der Waals surface area contributed by atoms with Crippen LogP contribution in [0.3, 0.4) is 0 Å². The van der Waals surface area contributed by atoms with Gasteiger partial charge in [0.2, 0.25) is 5.91 Å². The summed E-state index contributed by atoms with van der Waals surface area (Å²) in [5.74, 6) is 0.491. The molecule has 0 aliphatic carbocycles. The minimum Gasteiger partial charge on any atom is -0.382 e. The molecule has 0 saturated carbocycles. The highest BCUT2D eigenvalue weighted by Gasteiger charge is 2.15. The van der Waals surface area contributed by atoms with Crippen LogP contribution in [-0.4, -0.2) is 20.0 Å². The molecule has 0 aromatic rings. The Balaban J connectivity index is 3.58. The van der Waals surface area contributed by atoms with Crippen LogP contribution >= 0.6 is 11.6 Å². The van der Waals surface area contributed by atoms with Crippen LogP contribution in [0.1, 0.15) is 6.42 Å². The van der Waals surface area contributed by atoms with Crippen molar-refractivity contribution in [2.75, 3.05) is 5.88 Å². The number of carbonyl (C=O) groups is 1. The summed E-state index contributed by atoms with van der Waals surface area (Å²) in [5, 5.41) is 0. The lowest BCUT2D eigenvalue weighted by Gasteiger charge is -2.17. The zero-order valence-electron chi connectivity index (χ0n) is 6.70. The van der Waals surface area contributed by atoms with Gasteiger partial charge in [0.05, 0.1) is 0 Å². The lowest BCUT2D eigenvalue weighted by atomic mass is 10.5. The van der Waals surface area contributed by atoms with E-state index in [1.54, 1.807) is 0 Å². The van der Waals surface area contributed by atoms with Gasteiger partial charge in [0.15, 0.2) is 0 Å². The monoisotopic (exact) mass is 179 g/mol. The number of hydrogen-bond donors (Lipinski definition) is 1. The molecule has 0 saturated heterocycles. The van der Waals surface area contributed by atoms with Crippen LogP contribution < -0.4 is 4.98 Å². The SMILES string of the molecule is C[Si](C)(C)NC(=O)CCCl. The first kappa shape index (κ1) is 9.98. The van der Waals surface area contributed by atoms with Crippen LogP contribution in [0.15, 0.2) is 0 Å². The van der Waals surface area contributed by atoms with Gasteiger partial charge in [-0.1, -0.05) is 19.6 Å². The van der Waals surface area contributed by atoms with Crippen molar-refractivity contribution in [1.29, 1.82) is 0 Å². The molecule has 0 unspecified atom stereocenters. The van der Waals surface area contributed by atoms with E-state index in [1.807, 2.05) is 0 Å². The topological polar surface area (TPSA) is 29.1 Å². The molecule has 0 fully saturated rings. The Kier molecular flexibility index (Phi) is 3.97. The van der Waals surface area contributed by atoms with Gasteiger partial charge in [0.1, 0.15) is 8.24 Å². The minimum atomic E-state index is -1.42. The molecule has 0 aromatic carbocycles. The molecular weight excluding hydrogens is 166 g/mol. The van der Waals surface area contributed by atoms with E-state index in [0.29, 0.717) is 12.3 Å². The molecule has 60 valence electrons. The third-order valence-corrected chi connectivity index (χ3v) is 2.05. The number of amides is 1. The fourth-order valence-corrected chi connectivity index (χ4v) is 1.70. The minimum absolute atomic E-state index is 0.0779. The number of halogens is 1. The third kappa shape index (κ3) is 6.10. The average Bonchev–Trinajstić information content (AvgIpc) is 1.59. The second-order valence-corrected chi connectivity index (χ2v) is 8.37.